The Labute approximate surface area is 138 Å². The zero-order valence-electron chi connectivity index (χ0n) is 12.1. The van der Waals surface area contributed by atoms with Gasteiger partial charge in [0.15, 0.2) is 5.11 Å². The number of allylic oxidation sites excluding steroid dienone is 1. The Bertz CT molecular complexity index is 613. The van der Waals surface area contributed by atoms with Crippen LogP contribution in [0.15, 0.2) is 40.0 Å². The highest BCUT2D eigenvalue weighted by atomic mass is 79.9. The van der Waals surface area contributed by atoms with Gasteiger partial charge in [0.2, 0.25) is 0 Å². The molecule has 21 heavy (non-hydrogen) atoms. The molecule has 0 unspecified atom stereocenters. The van der Waals surface area contributed by atoms with Crippen LogP contribution in [0, 0.1) is 5.92 Å². The second-order valence-corrected chi connectivity index (χ2v) is 6.29. The molecule has 2 N–H and O–H groups in total. The van der Waals surface area contributed by atoms with Gasteiger partial charge in [0.1, 0.15) is 0 Å². The van der Waals surface area contributed by atoms with Crippen molar-refractivity contribution in [1.82, 2.24) is 10.6 Å². The lowest BCUT2D eigenvalue weighted by molar-refractivity contribution is -0.136. The number of carbonyl (C=O) groups excluding carboxylic acids is 1. The molecule has 1 aliphatic rings. The number of hydrogen-bond donors (Lipinski definition) is 2. The average Bonchev–Trinajstić information content (AvgIpc) is 2.46. The van der Waals surface area contributed by atoms with Crippen LogP contribution in [-0.4, -0.2) is 18.2 Å². The second-order valence-electron chi connectivity index (χ2n) is 5.03. The quantitative estimate of drug-likeness (QED) is 0.634. The van der Waals surface area contributed by atoms with E-state index in [-0.39, 0.29) is 17.9 Å². The number of benzene rings is 1. The summed E-state index contributed by atoms with van der Waals surface area (Å²) in [6.07, 6.45) is 0. The number of nitrogens with one attached hydrogen (secondary N) is 2. The number of methoxy groups -OCH3 is 1. The summed E-state index contributed by atoms with van der Waals surface area (Å²) in [5.41, 5.74) is 2.30. The Balaban J connectivity index is 2.61. The van der Waals surface area contributed by atoms with Crippen molar-refractivity contribution in [3.8, 4) is 0 Å². The fourth-order valence-electron chi connectivity index (χ4n) is 2.32. The summed E-state index contributed by atoms with van der Waals surface area (Å²) < 4.78 is 5.88. The van der Waals surface area contributed by atoms with Gasteiger partial charge in [0.05, 0.1) is 18.7 Å². The molecule has 1 aromatic carbocycles. The molecule has 0 saturated carbocycles. The summed E-state index contributed by atoms with van der Waals surface area (Å²) >= 11 is 8.80. The standard InChI is InChI=1S/C15H17BrN2O2S/c1-8(2)12-11(14(19)20-3)13(18-15(21)17-12)9-6-4-5-7-10(9)16/h4-8,13H,1-3H3,(H2,17,18,21)/t13-/m1/s1. The summed E-state index contributed by atoms with van der Waals surface area (Å²) in [4.78, 5) is 12.3. The Hall–Kier alpha value is -1.40. The first-order valence-electron chi connectivity index (χ1n) is 6.60. The van der Waals surface area contributed by atoms with Gasteiger partial charge in [-0.3, -0.25) is 0 Å². The third-order valence-corrected chi connectivity index (χ3v) is 4.24. The van der Waals surface area contributed by atoms with Gasteiger partial charge in [-0.05, 0) is 29.8 Å². The van der Waals surface area contributed by atoms with Crippen LogP contribution in [0.4, 0.5) is 0 Å². The van der Waals surface area contributed by atoms with Crippen molar-refractivity contribution in [2.75, 3.05) is 7.11 Å². The highest BCUT2D eigenvalue weighted by Crippen LogP contribution is 2.33. The molecule has 112 valence electrons. The summed E-state index contributed by atoms with van der Waals surface area (Å²) in [5.74, 6) is -0.230. The van der Waals surface area contributed by atoms with Crippen molar-refractivity contribution < 1.29 is 9.53 Å². The molecule has 1 aromatic rings. The molecule has 4 nitrogen and oxygen atoms in total. The van der Waals surface area contributed by atoms with Crippen molar-refractivity contribution in [3.63, 3.8) is 0 Å². The van der Waals surface area contributed by atoms with Crippen LogP contribution in [-0.2, 0) is 9.53 Å². The molecule has 0 bridgehead atoms. The van der Waals surface area contributed by atoms with Crippen LogP contribution in [0.5, 0.6) is 0 Å². The third-order valence-electron chi connectivity index (χ3n) is 3.30. The van der Waals surface area contributed by atoms with Gasteiger partial charge in [0, 0.05) is 10.2 Å². The largest absolute Gasteiger partial charge is 0.466 e. The minimum absolute atomic E-state index is 0.129. The Kier molecular flexibility index (Phi) is 5.00. The minimum atomic E-state index is -0.359. The summed E-state index contributed by atoms with van der Waals surface area (Å²) in [6.45, 7) is 4.02. The molecule has 0 radical (unpaired) electrons. The fourth-order valence-corrected chi connectivity index (χ4v) is 3.06. The summed E-state index contributed by atoms with van der Waals surface area (Å²) in [7, 11) is 1.39. The highest BCUT2D eigenvalue weighted by molar-refractivity contribution is 9.10. The molecule has 0 aliphatic carbocycles. The number of esters is 1. The molecule has 0 fully saturated rings. The maximum atomic E-state index is 12.3. The Morgan fingerprint density at radius 1 is 1.38 bits per heavy atom. The fraction of sp³-hybridized carbons (Fsp3) is 0.333. The number of thiocarbonyl (C=S) groups is 1. The zero-order chi connectivity index (χ0) is 15.6. The molecular weight excluding hydrogens is 352 g/mol. The molecule has 0 amide bonds. The van der Waals surface area contributed by atoms with Crippen molar-refractivity contribution in [1.29, 1.82) is 0 Å². The second kappa shape index (κ2) is 6.58. The molecule has 1 atom stereocenters. The number of hydrogen-bond acceptors (Lipinski definition) is 3. The van der Waals surface area contributed by atoms with E-state index in [9.17, 15) is 4.79 Å². The van der Waals surface area contributed by atoms with E-state index in [1.807, 2.05) is 38.1 Å². The maximum absolute atomic E-state index is 12.3. The van der Waals surface area contributed by atoms with Gasteiger partial charge < -0.3 is 15.4 Å². The summed E-state index contributed by atoms with van der Waals surface area (Å²) in [6, 6.07) is 7.41. The van der Waals surface area contributed by atoms with E-state index in [0.29, 0.717) is 10.7 Å². The number of halogens is 1. The first kappa shape index (κ1) is 16.0. The Morgan fingerprint density at radius 3 is 2.62 bits per heavy atom. The van der Waals surface area contributed by atoms with E-state index in [1.54, 1.807) is 0 Å². The first-order chi connectivity index (χ1) is 9.95. The lowest BCUT2D eigenvalue weighted by atomic mass is 9.91. The third kappa shape index (κ3) is 3.27. The molecule has 2 rings (SSSR count). The summed E-state index contributed by atoms with van der Waals surface area (Å²) in [5, 5.41) is 6.75. The lowest BCUT2D eigenvalue weighted by Crippen LogP contribution is -2.46. The van der Waals surface area contributed by atoms with Crippen LogP contribution in [0.25, 0.3) is 0 Å². The number of ether oxygens (including phenoxy) is 1. The molecule has 1 aliphatic heterocycles. The number of rotatable bonds is 3. The van der Waals surface area contributed by atoms with Crippen LogP contribution < -0.4 is 10.6 Å². The van der Waals surface area contributed by atoms with E-state index in [2.05, 4.69) is 26.6 Å². The smallest absolute Gasteiger partial charge is 0.337 e. The zero-order valence-corrected chi connectivity index (χ0v) is 14.5. The van der Waals surface area contributed by atoms with Crippen LogP contribution in [0.3, 0.4) is 0 Å². The van der Waals surface area contributed by atoms with Gasteiger partial charge >= 0.3 is 5.97 Å². The van der Waals surface area contributed by atoms with E-state index in [4.69, 9.17) is 17.0 Å². The van der Waals surface area contributed by atoms with Crippen molar-refractivity contribution in [2.45, 2.75) is 19.9 Å². The van der Waals surface area contributed by atoms with Gasteiger partial charge in [-0.2, -0.15) is 0 Å². The monoisotopic (exact) mass is 368 g/mol. The van der Waals surface area contributed by atoms with Gasteiger partial charge in [-0.15, -0.1) is 0 Å². The topological polar surface area (TPSA) is 50.4 Å². The SMILES string of the molecule is COC(=O)C1=C(C(C)C)NC(=S)N[C@@H]1c1ccccc1Br. The highest BCUT2D eigenvalue weighted by Gasteiger charge is 2.33. The minimum Gasteiger partial charge on any atom is -0.466 e. The van der Waals surface area contributed by atoms with E-state index in [0.717, 1.165) is 15.7 Å². The Morgan fingerprint density at radius 2 is 2.05 bits per heavy atom. The van der Waals surface area contributed by atoms with Gasteiger partial charge in [-0.1, -0.05) is 48.0 Å². The molecule has 6 heteroatoms. The van der Waals surface area contributed by atoms with E-state index in [1.165, 1.54) is 7.11 Å². The van der Waals surface area contributed by atoms with E-state index >= 15 is 0 Å². The van der Waals surface area contributed by atoms with Crippen molar-refractivity contribution >= 4 is 39.2 Å². The van der Waals surface area contributed by atoms with Crippen molar-refractivity contribution in [2.24, 2.45) is 5.92 Å². The predicted molar refractivity (Wildman–Crippen MR) is 89.6 cm³/mol. The van der Waals surface area contributed by atoms with Crippen LogP contribution >= 0.6 is 28.1 Å². The average molecular weight is 369 g/mol. The molecule has 1 heterocycles. The van der Waals surface area contributed by atoms with E-state index < -0.39 is 0 Å². The maximum Gasteiger partial charge on any atom is 0.337 e. The van der Waals surface area contributed by atoms with Crippen molar-refractivity contribution in [3.05, 3.63) is 45.6 Å². The van der Waals surface area contributed by atoms with Gasteiger partial charge in [0.25, 0.3) is 0 Å². The predicted octanol–water partition coefficient (Wildman–Crippen LogP) is 3.05. The molecule has 0 aromatic heterocycles. The molecule has 0 saturated heterocycles. The number of carbonyl (C=O) groups is 1. The first-order valence-corrected chi connectivity index (χ1v) is 7.80. The van der Waals surface area contributed by atoms with Gasteiger partial charge in [-0.25, -0.2) is 4.79 Å². The molecule has 0 spiro atoms. The van der Waals surface area contributed by atoms with Crippen LogP contribution in [0.2, 0.25) is 0 Å². The van der Waals surface area contributed by atoms with Crippen LogP contribution in [0.1, 0.15) is 25.5 Å². The lowest BCUT2D eigenvalue weighted by Gasteiger charge is -2.32. The normalized spacial score (nSPS) is 18.3. The molecular formula is C15H17BrN2O2S.